The van der Waals surface area contributed by atoms with Crippen LogP contribution in [0.15, 0.2) is 77.8 Å². The monoisotopic (exact) mass is 1130 g/mol. The van der Waals surface area contributed by atoms with Crippen LogP contribution in [-0.4, -0.2) is 119 Å². The predicted molar refractivity (Wildman–Crippen MR) is 293 cm³/mol. The lowest BCUT2D eigenvalue weighted by molar-refractivity contribution is -0.161. The minimum absolute atomic E-state index is 0.00669. The number of allylic oxidation sites excluding steroid dienone is 7. The molecule has 440 valence electrons. The lowest BCUT2D eigenvalue weighted by Gasteiger charge is -2.21. The first-order valence-electron chi connectivity index (χ1n) is 27.5. The number of aliphatic hydroxyl groups excluding tert-OH is 5. The van der Waals surface area contributed by atoms with E-state index in [-0.39, 0.29) is 31.5 Å². The normalized spacial score (nSPS) is 20.4. The van der Waals surface area contributed by atoms with Crippen molar-refractivity contribution in [2.45, 2.75) is 217 Å². The van der Waals surface area contributed by atoms with E-state index in [9.17, 15) is 58.8 Å². The van der Waals surface area contributed by atoms with Crippen LogP contribution in [0.3, 0.4) is 0 Å². The van der Waals surface area contributed by atoms with Crippen molar-refractivity contribution in [1.29, 1.82) is 0 Å². The van der Waals surface area contributed by atoms with Gasteiger partial charge in [0.15, 0.2) is 12.3 Å². The number of nitrogens with zero attached hydrogens (tertiary/aromatic N) is 2. The maximum atomic E-state index is 12.9. The quantitative estimate of drug-likeness (QED) is 0.00995. The fourth-order valence-corrected chi connectivity index (χ4v) is 10.1. The molecule has 21 nitrogen and oxygen atoms in total. The number of nitrogen functional groups attached to an aromatic ring is 1. The van der Waals surface area contributed by atoms with Crippen LogP contribution < -0.4 is 11.4 Å². The Morgan fingerprint density at radius 1 is 0.727 bits per heavy atom. The van der Waals surface area contributed by atoms with Crippen LogP contribution in [-0.2, 0) is 46.3 Å². The Morgan fingerprint density at radius 2 is 1.27 bits per heavy atom. The third-order valence-electron chi connectivity index (χ3n) is 12.4. The van der Waals surface area contributed by atoms with E-state index in [0.29, 0.717) is 12.8 Å². The molecule has 1 fully saturated rings. The first-order valence-corrected chi connectivity index (χ1v) is 30.5. The predicted octanol–water partition coefficient (Wildman–Crippen LogP) is 8.66. The number of ether oxygens (including phenoxy) is 3. The average molecular weight is 1130 g/mol. The van der Waals surface area contributed by atoms with Gasteiger partial charge in [0.2, 0.25) is 0 Å². The molecule has 0 radical (unpaired) electrons. The molecule has 1 aromatic rings. The van der Waals surface area contributed by atoms with Crippen molar-refractivity contribution in [1.82, 2.24) is 9.55 Å². The van der Waals surface area contributed by atoms with Gasteiger partial charge in [0.25, 0.3) is 0 Å². The Morgan fingerprint density at radius 3 is 1.86 bits per heavy atom. The van der Waals surface area contributed by atoms with Gasteiger partial charge in [-0.25, -0.2) is 13.9 Å². The van der Waals surface area contributed by atoms with Gasteiger partial charge in [-0.3, -0.25) is 23.2 Å². The number of phosphoric acid groups is 2. The zero-order chi connectivity index (χ0) is 56.9. The minimum Gasteiger partial charge on any atom is -0.462 e. The summed E-state index contributed by atoms with van der Waals surface area (Å²) in [4.78, 5) is 62.1. The van der Waals surface area contributed by atoms with Crippen molar-refractivity contribution < 1.29 is 81.6 Å². The molecule has 0 spiro atoms. The molecular weight excluding hydrogens is 1040 g/mol. The number of phosphoric ester groups is 2. The standard InChI is InChI=1S/C54H91N3O18P2/c1-4-5-24-31-43(58)32-26-21-18-19-22-27-33-45(59)46(60)34-29-36-49(61)70-39-44(73-50(62)35-28-23-17-15-13-11-9-7-6-8-10-12-14-16-20-25-30-42(2)3)40-71-76(66,67)75-77(68,69)72-41-47-51(63)52(64)53(74-47)57-38-37-48(55)56-54(57)65/h5,18-19,21-22,24,26-27,32-33,37-38,42-47,51-53,58-60,63-64H,4,6-17,20,23,25,28-31,34-36,39-41H2,1-3H3,(H,66,67)(H,68,69)(H2,55,56,65)/b21-18+,22-19-,24-5-,32-26+,33-27-/t43-,44-,45+,46+,47-,51-,52-,53-/m1/s1. The zero-order valence-corrected chi connectivity index (χ0v) is 47.3. The molecule has 0 saturated carbocycles. The molecule has 23 heteroatoms. The Labute approximate surface area is 455 Å². The van der Waals surface area contributed by atoms with Gasteiger partial charge in [0, 0.05) is 19.0 Å². The fourth-order valence-electron chi connectivity index (χ4n) is 8.02. The van der Waals surface area contributed by atoms with E-state index in [0.717, 1.165) is 55.2 Å². The lowest BCUT2D eigenvalue weighted by atomic mass is 10.0. The minimum atomic E-state index is -5.51. The molecule has 1 aliphatic heterocycles. The summed E-state index contributed by atoms with van der Waals surface area (Å²) in [6, 6.07) is 1.23. The molecule has 1 aromatic heterocycles. The molecule has 77 heavy (non-hydrogen) atoms. The van der Waals surface area contributed by atoms with E-state index in [1.807, 2.05) is 19.1 Å². The number of hydrogen-bond acceptors (Lipinski definition) is 18. The summed E-state index contributed by atoms with van der Waals surface area (Å²) >= 11 is 0. The van der Waals surface area contributed by atoms with Crippen molar-refractivity contribution in [2.24, 2.45) is 5.92 Å². The summed E-state index contributed by atoms with van der Waals surface area (Å²) in [7, 11) is -11.0. The van der Waals surface area contributed by atoms with Gasteiger partial charge in [0.05, 0.1) is 31.5 Å². The van der Waals surface area contributed by atoms with Gasteiger partial charge in [-0.2, -0.15) is 9.29 Å². The smallest absolute Gasteiger partial charge is 0.462 e. The van der Waals surface area contributed by atoms with Crippen LogP contribution in [0.4, 0.5) is 5.82 Å². The molecule has 9 N–H and O–H groups in total. The summed E-state index contributed by atoms with van der Waals surface area (Å²) in [5.41, 5.74) is 4.56. The summed E-state index contributed by atoms with van der Waals surface area (Å²) in [5, 5.41) is 51.6. The molecule has 2 rings (SSSR count). The molecule has 0 aromatic carbocycles. The zero-order valence-electron chi connectivity index (χ0n) is 45.5. The summed E-state index contributed by atoms with van der Waals surface area (Å²) < 4.78 is 56.6. The number of carbonyl (C=O) groups is 2. The van der Waals surface area contributed by atoms with E-state index >= 15 is 0 Å². The Kier molecular flexibility index (Phi) is 36.5. The van der Waals surface area contributed by atoms with E-state index in [4.69, 9.17) is 29.0 Å². The number of rotatable bonds is 44. The van der Waals surface area contributed by atoms with Crippen LogP contribution in [0.25, 0.3) is 0 Å². The topological polar surface area (TPSA) is 326 Å². The molecule has 2 heterocycles. The number of carbonyl (C=O) groups excluding carboxylic acids is 2. The molecule has 1 aliphatic rings. The molecular formula is C54H91N3O18P2. The number of hydrogen-bond donors (Lipinski definition) is 8. The maximum Gasteiger partial charge on any atom is 0.481 e. The average Bonchev–Trinajstić information content (AvgIpc) is 3.65. The summed E-state index contributed by atoms with van der Waals surface area (Å²) in [5.74, 6) is -0.854. The van der Waals surface area contributed by atoms with Gasteiger partial charge in [-0.05, 0) is 44.1 Å². The maximum absolute atomic E-state index is 12.9. The van der Waals surface area contributed by atoms with Crippen molar-refractivity contribution in [2.75, 3.05) is 25.6 Å². The van der Waals surface area contributed by atoms with Crippen LogP contribution >= 0.6 is 15.6 Å². The van der Waals surface area contributed by atoms with Gasteiger partial charge in [0.1, 0.15) is 30.7 Å². The number of nitrogens with two attached hydrogens (primary N) is 1. The largest absolute Gasteiger partial charge is 0.481 e. The SMILES string of the molecule is CC/C=C\C[C@@H](O)/C=C/C=C/C=C\C=C/[C@H](O)[C@@H](O)CCCC(=O)OC[C@H](COP(=O)(O)OP(=O)(O)OC[C@H]1O[C@@H](n2ccc(N)nc2=O)[C@H](O)[C@@H]1O)OC(=O)CCCCCCCCCCCCCCCCCCC(C)C. The third-order valence-corrected chi connectivity index (χ3v) is 15.0. The van der Waals surface area contributed by atoms with Gasteiger partial charge in [-0.15, -0.1) is 0 Å². The van der Waals surface area contributed by atoms with E-state index in [2.05, 4.69) is 23.1 Å². The Bertz CT molecular complexity index is 2100. The second kappa shape index (κ2) is 40.5. The third kappa shape index (κ3) is 33.5. The number of aromatic nitrogens is 2. The van der Waals surface area contributed by atoms with E-state index in [1.54, 1.807) is 42.5 Å². The highest BCUT2D eigenvalue weighted by Gasteiger charge is 2.46. The van der Waals surface area contributed by atoms with Crippen LogP contribution in [0.5, 0.6) is 0 Å². The van der Waals surface area contributed by atoms with E-state index in [1.165, 1.54) is 82.8 Å². The Hall–Kier alpha value is -3.66. The highest BCUT2D eigenvalue weighted by molar-refractivity contribution is 7.61. The van der Waals surface area contributed by atoms with Gasteiger partial charge < -0.3 is 55.3 Å². The van der Waals surface area contributed by atoms with Gasteiger partial charge >= 0.3 is 33.3 Å². The molecule has 1 saturated heterocycles. The second-order valence-electron chi connectivity index (χ2n) is 19.8. The molecule has 0 bridgehead atoms. The lowest BCUT2D eigenvalue weighted by Crippen LogP contribution is -2.36. The highest BCUT2D eigenvalue weighted by Crippen LogP contribution is 2.60. The molecule has 10 atom stereocenters. The number of aliphatic hydroxyl groups is 5. The first-order chi connectivity index (χ1) is 36.7. The second-order valence-corrected chi connectivity index (χ2v) is 22.8. The summed E-state index contributed by atoms with van der Waals surface area (Å²) in [6.07, 6.45) is 28.0. The number of anilines is 1. The number of unbranched alkanes of at least 4 members (excludes halogenated alkanes) is 15. The van der Waals surface area contributed by atoms with Gasteiger partial charge in [-0.1, -0.05) is 184 Å². The molecule has 0 amide bonds. The highest BCUT2D eigenvalue weighted by atomic mass is 31.3. The van der Waals surface area contributed by atoms with E-state index < -0.39 is 102 Å². The molecule has 0 aliphatic carbocycles. The van der Waals surface area contributed by atoms with Crippen LogP contribution in [0, 0.1) is 5.92 Å². The molecule has 2 unspecified atom stereocenters. The first kappa shape index (κ1) is 69.4. The van der Waals surface area contributed by atoms with Crippen molar-refractivity contribution >= 4 is 33.4 Å². The van der Waals surface area contributed by atoms with Crippen LogP contribution in [0.2, 0.25) is 0 Å². The number of esters is 2. The van der Waals surface area contributed by atoms with Crippen molar-refractivity contribution in [3.8, 4) is 0 Å². The fraction of sp³-hybridized carbons (Fsp3) is 0.704. The summed E-state index contributed by atoms with van der Waals surface area (Å²) in [6.45, 7) is 3.97. The van der Waals surface area contributed by atoms with Crippen LogP contribution in [0.1, 0.15) is 175 Å². The Balaban J connectivity index is 1.85. The van der Waals surface area contributed by atoms with Crippen molar-refractivity contribution in [3.05, 3.63) is 83.5 Å². The van der Waals surface area contributed by atoms with Crippen molar-refractivity contribution in [3.63, 3.8) is 0 Å².